The molecule has 4 rings (SSSR count). The lowest BCUT2D eigenvalue weighted by atomic mass is 10.1. The van der Waals surface area contributed by atoms with Crippen molar-refractivity contribution >= 4 is 39.0 Å². The molecule has 0 bridgehead atoms. The first-order valence-electron chi connectivity index (χ1n) is 11.2. The van der Waals surface area contributed by atoms with Gasteiger partial charge in [-0.25, -0.2) is 9.78 Å². The van der Waals surface area contributed by atoms with Crippen LogP contribution in [0, 0.1) is 0 Å². The average molecular weight is 534 g/mol. The fraction of sp³-hybridized carbons (Fsp3) is 0.185. The van der Waals surface area contributed by atoms with Crippen molar-refractivity contribution in [1.82, 2.24) is 9.66 Å². The summed E-state index contributed by atoms with van der Waals surface area (Å²) in [6.45, 7) is 4.32. The molecule has 0 unspecified atom stereocenters. The van der Waals surface area contributed by atoms with Crippen LogP contribution in [0.25, 0.3) is 10.9 Å². The smallest absolute Gasteiger partial charge is 0.335 e. The van der Waals surface area contributed by atoms with E-state index in [1.807, 2.05) is 44.2 Å². The van der Waals surface area contributed by atoms with Gasteiger partial charge in [0, 0.05) is 10.4 Å². The van der Waals surface area contributed by atoms with Gasteiger partial charge in [-0.3, -0.25) is 4.79 Å². The van der Waals surface area contributed by atoms with Crippen molar-refractivity contribution in [1.29, 1.82) is 0 Å². The fourth-order valence-corrected chi connectivity index (χ4v) is 3.88. The minimum Gasteiger partial charge on any atom is -0.489 e. The highest BCUT2D eigenvalue weighted by Crippen LogP contribution is 2.21. The number of halogens is 1. The van der Waals surface area contributed by atoms with E-state index in [0.29, 0.717) is 22.5 Å². The van der Waals surface area contributed by atoms with Gasteiger partial charge < -0.3 is 9.84 Å². The van der Waals surface area contributed by atoms with Gasteiger partial charge >= 0.3 is 5.97 Å². The maximum absolute atomic E-state index is 13.2. The van der Waals surface area contributed by atoms with E-state index in [0.717, 1.165) is 22.0 Å². The number of ether oxygens (including phenoxy) is 1. The Morgan fingerprint density at radius 3 is 2.66 bits per heavy atom. The molecule has 7 nitrogen and oxygen atoms in total. The maximum atomic E-state index is 13.2. The third-order valence-electron chi connectivity index (χ3n) is 5.67. The van der Waals surface area contributed by atoms with Crippen LogP contribution >= 0.6 is 15.9 Å². The van der Waals surface area contributed by atoms with Crippen molar-refractivity contribution in [3.8, 4) is 5.75 Å². The predicted octanol–water partition coefficient (Wildman–Crippen LogP) is 5.83. The second-order valence-corrected chi connectivity index (χ2v) is 9.08. The van der Waals surface area contributed by atoms with Gasteiger partial charge in [0.15, 0.2) is 0 Å². The SMILES string of the molecule is CC[C@H](C)c1nc2ccc(Br)cc2c(=O)n1N=Cc1ccc(OCc2cccc(C(=O)O)c2)cc1. The largest absolute Gasteiger partial charge is 0.489 e. The molecule has 0 radical (unpaired) electrons. The number of carboxylic acids is 1. The molecule has 3 aromatic carbocycles. The Balaban J connectivity index is 1.55. The Morgan fingerprint density at radius 2 is 1.94 bits per heavy atom. The number of rotatable bonds is 8. The van der Waals surface area contributed by atoms with Crippen molar-refractivity contribution in [2.75, 3.05) is 0 Å². The molecule has 0 spiro atoms. The zero-order valence-electron chi connectivity index (χ0n) is 19.3. The van der Waals surface area contributed by atoms with Crippen molar-refractivity contribution in [3.63, 3.8) is 0 Å². The van der Waals surface area contributed by atoms with Crippen molar-refractivity contribution in [3.05, 3.63) is 104 Å². The number of aromatic nitrogens is 2. The van der Waals surface area contributed by atoms with Gasteiger partial charge in [-0.2, -0.15) is 9.78 Å². The predicted molar refractivity (Wildman–Crippen MR) is 140 cm³/mol. The summed E-state index contributed by atoms with van der Waals surface area (Å²) in [6.07, 6.45) is 2.45. The molecule has 0 amide bonds. The Labute approximate surface area is 210 Å². The van der Waals surface area contributed by atoms with Crippen LogP contribution < -0.4 is 10.3 Å². The second-order valence-electron chi connectivity index (χ2n) is 8.17. The van der Waals surface area contributed by atoms with Crippen LogP contribution in [0.2, 0.25) is 0 Å². The third-order valence-corrected chi connectivity index (χ3v) is 6.16. The van der Waals surface area contributed by atoms with Gasteiger partial charge in [0.05, 0.1) is 22.7 Å². The van der Waals surface area contributed by atoms with Crippen LogP contribution in [-0.4, -0.2) is 27.0 Å². The lowest BCUT2D eigenvalue weighted by Gasteiger charge is -2.14. The standard InChI is InChI=1S/C27H24BrN3O4/c1-3-17(2)25-30-24-12-9-21(28)14-23(24)26(32)31(25)29-15-18-7-10-22(11-8-18)35-16-19-5-4-6-20(13-19)27(33)34/h4-15,17H,3,16H2,1-2H3,(H,33,34)/t17-/m0/s1. The number of aromatic carboxylic acids is 1. The second kappa shape index (κ2) is 10.7. The highest BCUT2D eigenvalue weighted by molar-refractivity contribution is 9.10. The molecular formula is C27H24BrN3O4. The summed E-state index contributed by atoms with van der Waals surface area (Å²) in [7, 11) is 0. The van der Waals surface area contributed by atoms with E-state index in [-0.39, 0.29) is 23.6 Å². The third kappa shape index (κ3) is 5.66. The summed E-state index contributed by atoms with van der Waals surface area (Å²) < 4.78 is 7.97. The quantitative estimate of drug-likeness (QED) is 0.287. The van der Waals surface area contributed by atoms with Crippen molar-refractivity contribution < 1.29 is 14.6 Å². The Kier molecular flexibility index (Phi) is 7.41. The molecule has 0 aliphatic carbocycles. The number of benzene rings is 3. The molecule has 0 fully saturated rings. The zero-order valence-corrected chi connectivity index (χ0v) is 20.9. The first kappa shape index (κ1) is 24.3. The molecule has 0 saturated carbocycles. The molecule has 1 N–H and O–H groups in total. The topological polar surface area (TPSA) is 93.8 Å². The molecule has 0 saturated heterocycles. The van der Waals surface area contributed by atoms with Crippen LogP contribution in [-0.2, 0) is 6.61 Å². The number of hydrogen-bond acceptors (Lipinski definition) is 5. The molecule has 178 valence electrons. The molecule has 0 aliphatic rings. The fourth-order valence-electron chi connectivity index (χ4n) is 3.51. The van der Waals surface area contributed by atoms with E-state index in [9.17, 15) is 9.59 Å². The van der Waals surface area contributed by atoms with Crippen LogP contribution in [0.5, 0.6) is 5.75 Å². The van der Waals surface area contributed by atoms with Crippen LogP contribution in [0.3, 0.4) is 0 Å². The molecule has 35 heavy (non-hydrogen) atoms. The minimum atomic E-state index is -0.972. The summed E-state index contributed by atoms with van der Waals surface area (Å²) in [5.41, 5.74) is 2.21. The summed E-state index contributed by atoms with van der Waals surface area (Å²) in [4.78, 5) is 29.1. The Morgan fingerprint density at radius 1 is 1.17 bits per heavy atom. The van der Waals surface area contributed by atoms with E-state index in [2.05, 4.69) is 21.0 Å². The molecule has 1 atom stereocenters. The van der Waals surface area contributed by atoms with Gasteiger partial charge in [0.2, 0.25) is 0 Å². The van der Waals surface area contributed by atoms with E-state index in [4.69, 9.17) is 14.8 Å². The zero-order chi connectivity index (χ0) is 24.9. The van der Waals surface area contributed by atoms with Crippen molar-refractivity contribution in [2.24, 2.45) is 5.10 Å². The lowest BCUT2D eigenvalue weighted by Crippen LogP contribution is -2.23. The van der Waals surface area contributed by atoms with E-state index in [1.165, 1.54) is 4.68 Å². The van der Waals surface area contributed by atoms with Gasteiger partial charge in [-0.1, -0.05) is 41.9 Å². The summed E-state index contributed by atoms with van der Waals surface area (Å²) in [5, 5.41) is 14.1. The lowest BCUT2D eigenvalue weighted by molar-refractivity contribution is 0.0696. The van der Waals surface area contributed by atoms with Gasteiger partial charge in [-0.15, -0.1) is 0 Å². The van der Waals surface area contributed by atoms with Crippen LogP contribution in [0.4, 0.5) is 0 Å². The Hall–Kier alpha value is -3.78. The molecule has 4 aromatic rings. The molecule has 0 aliphatic heterocycles. The first-order chi connectivity index (χ1) is 16.9. The number of nitrogens with zero attached hydrogens (tertiary/aromatic N) is 3. The molecular weight excluding hydrogens is 510 g/mol. The summed E-state index contributed by atoms with van der Waals surface area (Å²) >= 11 is 3.42. The monoisotopic (exact) mass is 533 g/mol. The maximum Gasteiger partial charge on any atom is 0.335 e. The summed E-state index contributed by atoms with van der Waals surface area (Å²) in [5.74, 6) is 0.341. The van der Waals surface area contributed by atoms with Gasteiger partial charge in [-0.05, 0) is 72.1 Å². The van der Waals surface area contributed by atoms with E-state index < -0.39 is 5.97 Å². The summed E-state index contributed by atoms with van der Waals surface area (Å²) in [6, 6.07) is 19.4. The number of carbonyl (C=O) groups is 1. The molecule has 1 aromatic heterocycles. The first-order valence-corrected chi connectivity index (χ1v) is 12.0. The highest BCUT2D eigenvalue weighted by Gasteiger charge is 2.15. The highest BCUT2D eigenvalue weighted by atomic mass is 79.9. The molecule has 1 heterocycles. The van der Waals surface area contributed by atoms with E-state index in [1.54, 1.807) is 42.6 Å². The van der Waals surface area contributed by atoms with Crippen LogP contribution in [0.1, 0.15) is 53.5 Å². The minimum absolute atomic E-state index is 0.0586. The van der Waals surface area contributed by atoms with Gasteiger partial charge in [0.25, 0.3) is 5.56 Å². The molecule has 8 heteroatoms. The van der Waals surface area contributed by atoms with Crippen LogP contribution in [0.15, 0.2) is 81.1 Å². The van der Waals surface area contributed by atoms with Crippen molar-refractivity contribution in [2.45, 2.75) is 32.8 Å². The van der Waals surface area contributed by atoms with E-state index >= 15 is 0 Å². The Bertz CT molecular complexity index is 1460. The van der Waals surface area contributed by atoms with Gasteiger partial charge in [0.1, 0.15) is 18.2 Å². The average Bonchev–Trinajstić information content (AvgIpc) is 2.87. The number of carboxylic acid groups (broad SMARTS) is 1. The number of fused-ring (bicyclic) bond motifs is 1. The number of hydrogen-bond donors (Lipinski definition) is 1. The normalized spacial score (nSPS) is 12.2.